The number of methoxy groups -OCH3 is 1. The molecule has 0 fully saturated rings. The van der Waals surface area contributed by atoms with Gasteiger partial charge in [-0.15, -0.1) is 0 Å². The molecule has 0 aromatic heterocycles. The molecule has 26 heavy (non-hydrogen) atoms. The van der Waals surface area contributed by atoms with Crippen LogP contribution in [-0.4, -0.2) is 43.1 Å². The van der Waals surface area contributed by atoms with E-state index in [1.165, 1.54) is 7.11 Å². The van der Waals surface area contributed by atoms with Crippen molar-refractivity contribution in [1.29, 1.82) is 0 Å². The molecule has 140 valence electrons. The van der Waals surface area contributed by atoms with Crippen LogP contribution in [0.5, 0.6) is 5.75 Å². The number of rotatable bonds is 8. The minimum Gasteiger partial charge on any atom is -0.497 e. The molecule has 0 saturated heterocycles. The van der Waals surface area contributed by atoms with E-state index in [0.29, 0.717) is 46.4 Å². The lowest BCUT2D eigenvalue weighted by atomic mass is 10.1. The molecule has 0 heterocycles. The molecule has 5 N–H and O–H groups in total. The van der Waals surface area contributed by atoms with Gasteiger partial charge in [-0.25, -0.2) is 4.79 Å². The molecule has 2 aromatic rings. The predicted molar refractivity (Wildman–Crippen MR) is 103 cm³/mol. The summed E-state index contributed by atoms with van der Waals surface area (Å²) in [6.07, 6.45) is 0.337. The van der Waals surface area contributed by atoms with Crippen molar-refractivity contribution in [3.8, 4) is 5.75 Å². The zero-order valence-electron chi connectivity index (χ0n) is 14.4. The van der Waals surface area contributed by atoms with E-state index in [1.54, 1.807) is 36.4 Å². The second-order valence-corrected chi connectivity index (χ2v) is 5.83. The Hall–Kier alpha value is -2.48. The Morgan fingerprint density at radius 1 is 1.12 bits per heavy atom. The third-order valence-electron chi connectivity index (χ3n) is 3.57. The quantitative estimate of drug-likeness (QED) is 0.485. The van der Waals surface area contributed by atoms with Gasteiger partial charge >= 0.3 is 6.03 Å². The van der Waals surface area contributed by atoms with Crippen LogP contribution in [0.25, 0.3) is 0 Å². The third kappa shape index (κ3) is 5.52. The van der Waals surface area contributed by atoms with Crippen molar-refractivity contribution < 1.29 is 19.7 Å². The Morgan fingerprint density at radius 3 is 2.58 bits per heavy atom. The van der Waals surface area contributed by atoms with Crippen LogP contribution in [0.2, 0.25) is 5.02 Å². The summed E-state index contributed by atoms with van der Waals surface area (Å²) in [7, 11) is 1.53. The average molecular weight is 380 g/mol. The highest BCUT2D eigenvalue weighted by Crippen LogP contribution is 2.26. The molecule has 0 saturated carbocycles. The summed E-state index contributed by atoms with van der Waals surface area (Å²) in [4.78, 5) is 12.3. The minimum absolute atomic E-state index is 0.0111. The van der Waals surface area contributed by atoms with Crippen LogP contribution in [-0.2, 0) is 6.42 Å². The van der Waals surface area contributed by atoms with Crippen LogP contribution in [0, 0.1) is 0 Å². The van der Waals surface area contributed by atoms with Crippen molar-refractivity contribution in [2.24, 2.45) is 0 Å². The molecule has 0 aliphatic rings. The Labute approximate surface area is 156 Å². The van der Waals surface area contributed by atoms with E-state index in [1.807, 2.05) is 0 Å². The van der Waals surface area contributed by atoms with E-state index in [9.17, 15) is 9.90 Å². The lowest BCUT2D eigenvalue weighted by molar-refractivity contribution is 0.262. The highest BCUT2D eigenvalue weighted by molar-refractivity contribution is 6.31. The average Bonchev–Trinajstić information content (AvgIpc) is 2.62. The molecule has 0 spiro atoms. The molecule has 2 rings (SSSR count). The summed E-state index contributed by atoms with van der Waals surface area (Å²) in [6.45, 7) is 0.296. The SMILES string of the molecule is COc1cc(NCCO)cc(NC(=O)Nc2cccc(Cl)c2CCO)c1. The van der Waals surface area contributed by atoms with E-state index >= 15 is 0 Å². The first-order valence-electron chi connectivity index (χ1n) is 8.07. The maximum absolute atomic E-state index is 12.3. The Bertz CT molecular complexity index is 755. The fraction of sp³-hybridized carbons (Fsp3) is 0.278. The fourth-order valence-corrected chi connectivity index (χ4v) is 2.69. The van der Waals surface area contributed by atoms with Crippen LogP contribution in [0.3, 0.4) is 0 Å². The molecule has 8 heteroatoms. The van der Waals surface area contributed by atoms with E-state index in [0.717, 1.165) is 0 Å². The second kappa shape index (κ2) is 9.86. The number of hydrogen-bond acceptors (Lipinski definition) is 5. The van der Waals surface area contributed by atoms with Gasteiger partial charge in [-0.05, 0) is 30.2 Å². The van der Waals surface area contributed by atoms with Gasteiger partial charge in [0.05, 0.1) is 13.7 Å². The largest absolute Gasteiger partial charge is 0.497 e. The summed E-state index contributed by atoms with van der Waals surface area (Å²) >= 11 is 6.13. The maximum atomic E-state index is 12.3. The minimum atomic E-state index is -0.451. The number of carbonyl (C=O) groups excluding carboxylic acids is 1. The topological polar surface area (TPSA) is 103 Å². The first-order valence-corrected chi connectivity index (χ1v) is 8.45. The van der Waals surface area contributed by atoms with Crippen molar-refractivity contribution in [3.05, 3.63) is 47.0 Å². The monoisotopic (exact) mass is 379 g/mol. The Kier molecular flexibility index (Phi) is 7.53. The van der Waals surface area contributed by atoms with Crippen LogP contribution in [0.1, 0.15) is 5.56 Å². The molecule has 0 aliphatic carbocycles. The normalized spacial score (nSPS) is 10.3. The number of nitrogens with one attached hydrogen (secondary N) is 3. The Balaban J connectivity index is 2.14. The second-order valence-electron chi connectivity index (χ2n) is 5.42. The van der Waals surface area contributed by atoms with Gasteiger partial charge in [-0.3, -0.25) is 0 Å². The summed E-state index contributed by atoms with van der Waals surface area (Å²) in [6, 6.07) is 9.86. The van der Waals surface area contributed by atoms with Gasteiger partial charge in [0.25, 0.3) is 0 Å². The maximum Gasteiger partial charge on any atom is 0.323 e. The number of carbonyl (C=O) groups is 1. The number of hydrogen-bond donors (Lipinski definition) is 5. The zero-order chi connectivity index (χ0) is 18.9. The van der Waals surface area contributed by atoms with Gasteiger partial charge in [-0.2, -0.15) is 0 Å². The van der Waals surface area contributed by atoms with Gasteiger partial charge in [0, 0.05) is 47.4 Å². The summed E-state index contributed by atoms with van der Waals surface area (Å²) in [5.41, 5.74) is 2.43. The van der Waals surface area contributed by atoms with E-state index < -0.39 is 6.03 Å². The zero-order valence-corrected chi connectivity index (χ0v) is 15.1. The number of amides is 2. The van der Waals surface area contributed by atoms with Crippen LogP contribution in [0.4, 0.5) is 21.9 Å². The predicted octanol–water partition coefficient (Wildman–Crippen LogP) is 2.93. The molecule has 0 aliphatic heterocycles. The van der Waals surface area contributed by atoms with Crippen LogP contribution in [0.15, 0.2) is 36.4 Å². The van der Waals surface area contributed by atoms with Gasteiger partial charge in [0.1, 0.15) is 5.75 Å². The van der Waals surface area contributed by atoms with Gasteiger partial charge in [-0.1, -0.05) is 17.7 Å². The molecule has 7 nitrogen and oxygen atoms in total. The highest BCUT2D eigenvalue weighted by Gasteiger charge is 2.11. The molecular weight excluding hydrogens is 358 g/mol. The molecular formula is C18H22ClN3O4. The van der Waals surface area contributed by atoms with E-state index in [2.05, 4.69) is 16.0 Å². The van der Waals surface area contributed by atoms with Crippen molar-refractivity contribution in [2.45, 2.75) is 6.42 Å². The molecule has 0 unspecified atom stereocenters. The fourth-order valence-electron chi connectivity index (χ4n) is 2.42. The molecule has 2 amide bonds. The molecule has 0 bridgehead atoms. The van der Waals surface area contributed by atoms with Gasteiger partial charge < -0.3 is 30.9 Å². The first-order chi connectivity index (χ1) is 12.6. The van der Waals surface area contributed by atoms with Gasteiger partial charge in [0.15, 0.2) is 0 Å². The number of aliphatic hydroxyl groups is 2. The third-order valence-corrected chi connectivity index (χ3v) is 3.92. The summed E-state index contributed by atoms with van der Waals surface area (Å²) in [5.74, 6) is 0.562. The van der Waals surface area contributed by atoms with Crippen molar-refractivity contribution in [2.75, 3.05) is 42.8 Å². The van der Waals surface area contributed by atoms with Crippen molar-refractivity contribution in [3.63, 3.8) is 0 Å². The Morgan fingerprint density at radius 2 is 1.88 bits per heavy atom. The number of anilines is 3. The van der Waals surface area contributed by atoms with Crippen LogP contribution < -0.4 is 20.7 Å². The summed E-state index contributed by atoms with van der Waals surface area (Å²) < 4.78 is 5.22. The molecule has 2 aromatic carbocycles. The lowest BCUT2D eigenvalue weighted by Gasteiger charge is -2.14. The van der Waals surface area contributed by atoms with Crippen molar-refractivity contribution in [1.82, 2.24) is 0 Å². The smallest absolute Gasteiger partial charge is 0.323 e. The number of benzene rings is 2. The van der Waals surface area contributed by atoms with Crippen molar-refractivity contribution >= 4 is 34.7 Å². The summed E-state index contributed by atoms with van der Waals surface area (Å²) in [5, 5.41) is 27.1. The number of urea groups is 1. The van der Waals surface area contributed by atoms with E-state index in [-0.39, 0.29) is 13.2 Å². The number of ether oxygens (including phenoxy) is 1. The van der Waals surface area contributed by atoms with Gasteiger partial charge in [0.2, 0.25) is 0 Å². The number of halogens is 1. The molecule has 0 atom stereocenters. The number of aliphatic hydroxyl groups excluding tert-OH is 2. The standard InChI is InChI=1S/C18H22ClN3O4/c1-26-14-10-12(20-6-8-24)9-13(11-14)21-18(25)22-17-4-2-3-16(19)15(17)5-7-23/h2-4,9-11,20,23-24H,5-8H2,1H3,(H2,21,22,25). The first kappa shape index (κ1) is 19.8. The lowest BCUT2D eigenvalue weighted by Crippen LogP contribution is -2.20. The van der Waals surface area contributed by atoms with E-state index in [4.69, 9.17) is 21.4 Å². The van der Waals surface area contributed by atoms with Crippen LogP contribution >= 0.6 is 11.6 Å². The highest BCUT2D eigenvalue weighted by atomic mass is 35.5. The molecule has 0 radical (unpaired) electrons.